The molecule has 6 nitrogen and oxygen atoms in total. The second-order valence-electron chi connectivity index (χ2n) is 4.57. The molecular formula is C13H15N3O3. The number of hydrogen-bond donors (Lipinski definition) is 1. The summed E-state index contributed by atoms with van der Waals surface area (Å²) in [6, 6.07) is 1.67. The van der Waals surface area contributed by atoms with Crippen LogP contribution in [0.2, 0.25) is 0 Å². The van der Waals surface area contributed by atoms with E-state index in [-0.39, 0.29) is 23.4 Å². The number of aryl methyl sites for hydroxylation is 1. The lowest BCUT2D eigenvalue weighted by atomic mass is 10.2. The first kappa shape index (κ1) is 13.1. The van der Waals surface area contributed by atoms with Gasteiger partial charge in [-0.1, -0.05) is 0 Å². The molecule has 100 valence electrons. The molecule has 0 unspecified atom stereocenters. The fraction of sp³-hybridized carbons (Fsp3) is 0.308. The Morgan fingerprint density at radius 1 is 1.26 bits per heavy atom. The molecule has 0 aromatic carbocycles. The molecule has 6 heteroatoms. The summed E-state index contributed by atoms with van der Waals surface area (Å²) in [4.78, 5) is 35.5. The van der Waals surface area contributed by atoms with Crippen LogP contribution in [0.3, 0.4) is 0 Å². The third-order valence-corrected chi connectivity index (χ3v) is 3.16. The first-order valence-corrected chi connectivity index (χ1v) is 5.85. The quantitative estimate of drug-likeness (QED) is 0.811. The summed E-state index contributed by atoms with van der Waals surface area (Å²) in [5.74, 6) is -0.221. The molecule has 2 aromatic heterocycles. The van der Waals surface area contributed by atoms with E-state index in [0.29, 0.717) is 16.7 Å². The van der Waals surface area contributed by atoms with Crippen molar-refractivity contribution in [3.63, 3.8) is 0 Å². The number of ketones is 1. The molecular weight excluding hydrogens is 246 g/mol. The molecule has 0 radical (unpaired) electrons. The van der Waals surface area contributed by atoms with Crippen molar-refractivity contribution in [2.24, 2.45) is 7.05 Å². The number of nitrogens with zero attached hydrogens (tertiary/aromatic N) is 2. The smallest absolute Gasteiger partial charge is 0.268 e. The zero-order valence-corrected chi connectivity index (χ0v) is 11.1. The van der Waals surface area contributed by atoms with Crippen molar-refractivity contribution in [3.05, 3.63) is 55.9 Å². The summed E-state index contributed by atoms with van der Waals surface area (Å²) in [7, 11) is 1.81. The summed E-state index contributed by atoms with van der Waals surface area (Å²) in [6.45, 7) is 2.99. The molecule has 0 aliphatic rings. The average Bonchev–Trinajstić information content (AvgIpc) is 2.80. The highest BCUT2D eigenvalue weighted by Crippen LogP contribution is 2.02. The van der Waals surface area contributed by atoms with Crippen LogP contribution in [0.15, 0.2) is 28.0 Å². The van der Waals surface area contributed by atoms with Crippen LogP contribution in [-0.4, -0.2) is 20.1 Å². The standard InChI is InChI=1S/C13H15N3O3/c1-8-9(2)13(19)16(14-12(8)18)7-11(17)10-4-5-15(3)6-10/h4-6H,7H2,1-3H3,(H,14,18). The lowest BCUT2D eigenvalue weighted by Crippen LogP contribution is -2.35. The van der Waals surface area contributed by atoms with E-state index in [1.54, 1.807) is 43.9 Å². The number of hydrogen-bond acceptors (Lipinski definition) is 3. The van der Waals surface area contributed by atoms with Crippen molar-refractivity contribution < 1.29 is 4.79 Å². The lowest BCUT2D eigenvalue weighted by molar-refractivity contribution is 0.0965. The Labute approximate surface area is 109 Å². The minimum Gasteiger partial charge on any atom is -0.357 e. The zero-order valence-electron chi connectivity index (χ0n) is 11.1. The summed E-state index contributed by atoms with van der Waals surface area (Å²) in [6.07, 6.45) is 3.42. The molecule has 2 heterocycles. The number of H-pyrrole nitrogens is 1. The average molecular weight is 261 g/mol. The maximum atomic E-state index is 12.0. The molecule has 1 N–H and O–H groups in total. The Hall–Kier alpha value is -2.37. The van der Waals surface area contributed by atoms with Crippen molar-refractivity contribution in [1.29, 1.82) is 0 Å². The topological polar surface area (TPSA) is 76.9 Å². The number of rotatable bonds is 3. The minimum atomic E-state index is -0.349. The number of carbonyl (C=O) groups is 1. The molecule has 0 spiro atoms. The van der Waals surface area contributed by atoms with Crippen LogP contribution in [-0.2, 0) is 13.6 Å². The van der Waals surface area contributed by atoms with Crippen LogP contribution in [0.25, 0.3) is 0 Å². The Kier molecular flexibility index (Phi) is 3.25. The molecule has 19 heavy (non-hydrogen) atoms. The van der Waals surface area contributed by atoms with Crippen molar-refractivity contribution in [2.45, 2.75) is 20.4 Å². The van der Waals surface area contributed by atoms with Gasteiger partial charge in [-0.3, -0.25) is 19.5 Å². The molecule has 0 amide bonds. The maximum Gasteiger partial charge on any atom is 0.268 e. The van der Waals surface area contributed by atoms with Gasteiger partial charge in [-0.25, -0.2) is 4.68 Å². The van der Waals surface area contributed by atoms with Gasteiger partial charge >= 0.3 is 0 Å². The highest BCUT2D eigenvalue weighted by molar-refractivity contribution is 5.95. The molecule has 0 atom stereocenters. The molecule has 0 aliphatic carbocycles. The Morgan fingerprint density at radius 2 is 1.95 bits per heavy atom. The third kappa shape index (κ3) is 2.42. The fourth-order valence-electron chi connectivity index (χ4n) is 1.80. The van der Waals surface area contributed by atoms with Crippen LogP contribution < -0.4 is 11.1 Å². The maximum absolute atomic E-state index is 12.0. The van der Waals surface area contributed by atoms with E-state index in [2.05, 4.69) is 5.10 Å². The summed E-state index contributed by atoms with van der Waals surface area (Å²) < 4.78 is 2.80. The predicted octanol–water partition coefficient (Wildman–Crippen LogP) is 0.375. The van der Waals surface area contributed by atoms with Gasteiger partial charge in [0.15, 0.2) is 5.78 Å². The van der Waals surface area contributed by atoms with Gasteiger partial charge in [0.2, 0.25) is 0 Å². The molecule has 0 aliphatic heterocycles. The number of aromatic amines is 1. The van der Waals surface area contributed by atoms with Crippen LogP contribution in [0, 0.1) is 13.8 Å². The fourth-order valence-corrected chi connectivity index (χ4v) is 1.80. The Morgan fingerprint density at radius 3 is 2.53 bits per heavy atom. The summed E-state index contributed by atoms with van der Waals surface area (Å²) in [5.41, 5.74) is 0.561. The van der Waals surface area contributed by atoms with Crippen LogP contribution in [0.1, 0.15) is 21.5 Å². The second kappa shape index (κ2) is 4.72. The predicted molar refractivity (Wildman–Crippen MR) is 70.5 cm³/mol. The van der Waals surface area contributed by atoms with Gasteiger partial charge in [-0.05, 0) is 19.9 Å². The third-order valence-electron chi connectivity index (χ3n) is 3.16. The zero-order chi connectivity index (χ0) is 14.2. The van der Waals surface area contributed by atoms with E-state index in [1.165, 1.54) is 0 Å². The van der Waals surface area contributed by atoms with Crippen molar-refractivity contribution in [2.75, 3.05) is 0 Å². The largest absolute Gasteiger partial charge is 0.357 e. The highest BCUT2D eigenvalue weighted by Gasteiger charge is 2.12. The van der Waals surface area contributed by atoms with Gasteiger partial charge in [0, 0.05) is 36.1 Å². The van der Waals surface area contributed by atoms with Gasteiger partial charge in [0.25, 0.3) is 11.1 Å². The molecule has 0 saturated carbocycles. The van der Waals surface area contributed by atoms with Gasteiger partial charge in [0.05, 0.1) is 0 Å². The summed E-state index contributed by atoms with van der Waals surface area (Å²) >= 11 is 0. The van der Waals surface area contributed by atoms with Gasteiger partial charge in [-0.2, -0.15) is 0 Å². The lowest BCUT2D eigenvalue weighted by Gasteiger charge is -2.06. The van der Waals surface area contributed by atoms with Crippen LogP contribution in [0.5, 0.6) is 0 Å². The Bertz CT molecular complexity index is 749. The monoisotopic (exact) mass is 261 g/mol. The first-order valence-electron chi connectivity index (χ1n) is 5.85. The first-order chi connectivity index (χ1) is 8.90. The van der Waals surface area contributed by atoms with E-state index >= 15 is 0 Å². The van der Waals surface area contributed by atoms with Gasteiger partial charge in [0.1, 0.15) is 6.54 Å². The molecule has 0 saturated heterocycles. The van der Waals surface area contributed by atoms with Crippen molar-refractivity contribution in [3.8, 4) is 0 Å². The Balaban J connectivity index is 2.37. The SMILES string of the molecule is Cc1c(C)c(=O)n(CC(=O)c2ccn(C)c2)[nH]c1=O. The van der Waals surface area contributed by atoms with E-state index in [1.807, 2.05) is 0 Å². The number of Topliss-reactive ketones (excluding diaryl/α,β-unsaturated/α-hetero) is 1. The molecule has 2 rings (SSSR count). The number of nitrogens with one attached hydrogen (secondary N) is 1. The minimum absolute atomic E-state index is 0.167. The van der Waals surface area contributed by atoms with E-state index in [9.17, 15) is 14.4 Å². The molecule has 2 aromatic rings. The number of aromatic nitrogens is 3. The van der Waals surface area contributed by atoms with Crippen LogP contribution >= 0.6 is 0 Å². The second-order valence-corrected chi connectivity index (χ2v) is 4.57. The van der Waals surface area contributed by atoms with Crippen LogP contribution in [0.4, 0.5) is 0 Å². The van der Waals surface area contributed by atoms with Gasteiger partial charge in [-0.15, -0.1) is 0 Å². The molecule has 0 fully saturated rings. The normalized spacial score (nSPS) is 10.7. The highest BCUT2D eigenvalue weighted by atomic mass is 16.2. The van der Waals surface area contributed by atoms with Crippen molar-refractivity contribution in [1.82, 2.24) is 14.3 Å². The molecule has 0 bridgehead atoms. The number of carbonyl (C=O) groups excluding carboxylic acids is 1. The summed E-state index contributed by atoms with van der Waals surface area (Å²) in [5, 5.41) is 2.41. The van der Waals surface area contributed by atoms with E-state index in [0.717, 1.165) is 4.68 Å². The van der Waals surface area contributed by atoms with E-state index in [4.69, 9.17) is 0 Å². The van der Waals surface area contributed by atoms with Gasteiger partial charge < -0.3 is 4.57 Å². The van der Waals surface area contributed by atoms with E-state index < -0.39 is 0 Å². The van der Waals surface area contributed by atoms with Crippen molar-refractivity contribution >= 4 is 5.78 Å².